The molecule has 0 amide bonds. The van der Waals surface area contributed by atoms with Crippen molar-refractivity contribution in [2.24, 2.45) is 0 Å². The number of hydrogen-bond acceptors (Lipinski definition) is 5. The summed E-state index contributed by atoms with van der Waals surface area (Å²) in [5.41, 5.74) is 5.24. The molecule has 1 aliphatic rings. The third-order valence-corrected chi connectivity index (χ3v) is 6.66. The summed E-state index contributed by atoms with van der Waals surface area (Å²) in [7, 11) is 1.66. The molecule has 1 saturated heterocycles. The Bertz CT molecular complexity index is 1490. The Labute approximate surface area is 209 Å². The number of fused-ring (bicyclic) bond motifs is 1. The van der Waals surface area contributed by atoms with Crippen molar-refractivity contribution in [3.8, 4) is 28.3 Å². The third-order valence-electron chi connectivity index (χ3n) is 6.66. The molecule has 0 saturated carbocycles. The van der Waals surface area contributed by atoms with Gasteiger partial charge in [-0.05, 0) is 36.4 Å². The van der Waals surface area contributed by atoms with E-state index in [1.165, 1.54) is 6.07 Å². The maximum Gasteiger partial charge on any atom is 0.158 e. The highest BCUT2D eigenvalue weighted by Crippen LogP contribution is 2.30. The molecule has 5 aromatic rings. The van der Waals surface area contributed by atoms with Crippen LogP contribution in [0.5, 0.6) is 5.75 Å². The molecule has 0 atom stereocenters. The Morgan fingerprint density at radius 3 is 2.11 bits per heavy atom. The number of nitrogens with zero attached hydrogens (tertiary/aromatic N) is 5. The zero-order valence-electron chi connectivity index (χ0n) is 20.0. The lowest BCUT2D eigenvalue weighted by atomic mass is 10.1. The fourth-order valence-electron chi connectivity index (χ4n) is 4.73. The van der Waals surface area contributed by atoms with Gasteiger partial charge in [0.1, 0.15) is 17.4 Å². The van der Waals surface area contributed by atoms with Crippen molar-refractivity contribution in [1.29, 1.82) is 0 Å². The number of halogens is 1. The van der Waals surface area contributed by atoms with E-state index >= 15 is 0 Å². The molecule has 0 unspecified atom stereocenters. The van der Waals surface area contributed by atoms with Crippen molar-refractivity contribution in [3.05, 3.63) is 96.8 Å². The predicted molar refractivity (Wildman–Crippen MR) is 141 cm³/mol. The highest BCUT2D eigenvalue weighted by molar-refractivity contribution is 5.71. The average Bonchev–Trinajstić information content (AvgIpc) is 3.38. The number of para-hydroxylation sites is 1. The Balaban J connectivity index is 1.38. The predicted octanol–water partition coefficient (Wildman–Crippen LogP) is 5.54. The first-order valence-corrected chi connectivity index (χ1v) is 12.0. The highest BCUT2D eigenvalue weighted by Gasteiger charge is 2.23. The summed E-state index contributed by atoms with van der Waals surface area (Å²) >= 11 is 0. The van der Waals surface area contributed by atoms with Crippen LogP contribution in [0.1, 0.15) is 0 Å². The van der Waals surface area contributed by atoms with Crippen LogP contribution in [0, 0.1) is 5.82 Å². The van der Waals surface area contributed by atoms with Crippen molar-refractivity contribution >= 4 is 17.2 Å². The number of hydrogen-bond donors (Lipinski definition) is 0. The van der Waals surface area contributed by atoms with Crippen molar-refractivity contribution in [2.45, 2.75) is 0 Å². The molecule has 3 aromatic carbocycles. The smallest absolute Gasteiger partial charge is 0.158 e. The van der Waals surface area contributed by atoms with Gasteiger partial charge in [-0.25, -0.2) is 9.37 Å². The molecular formula is C29H26FN5O. The monoisotopic (exact) mass is 479 g/mol. The number of anilines is 2. The van der Waals surface area contributed by atoms with Crippen molar-refractivity contribution in [1.82, 2.24) is 14.6 Å². The maximum absolute atomic E-state index is 14.4. The summed E-state index contributed by atoms with van der Waals surface area (Å²) < 4.78 is 21.6. The molecule has 0 bridgehead atoms. The summed E-state index contributed by atoms with van der Waals surface area (Å²) in [5, 5.41) is 4.94. The zero-order valence-corrected chi connectivity index (χ0v) is 20.0. The van der Waals surface area contributed by atoms with Gasteiger partial charge in [-0.1, -0.05) is 42.5 Å². The quantitative estimate of drug-likeness (QED) is 0.331. The lowest BCUT2D eigenvalue weighted by molar-refractivity contribution is 0.415. The van der Waals surface area contributed by atoms with Gasteiger partial charge in [0.25, 0.3) is 0 Å². The second-order valence-corrected chi connectivity index (χ2v) is 8.82. The number of aromatic nitrogens is 3. The Kier molecular flexibility index (Phi) is 5.73. The fraction of sp³-hybridized carbons (Fsp3) is 0.172. The van der Waals surface area contributed by atoms with Gasteiger partial charge in [-0.3, -0.25) is 0 Å². The first-order chi connectivity index (χ1) is 17.7. The third kappa shape index (κ3) is 4.13. The summed E-state index contributed by atoms with van der Waals surface area (Å²) in [6, 6.07) is 29.2. The van der Waals surface area contributed by atoms with Crippen LogP contribution in [0.4, 0.5) is 15.9 Å². The van der Waals surface area contributed by atoms with Crippen molar-refractivity contribution in [3.63, 3.8) is 0 Å². The van der Waals surface area contributed by atoms with E-state index in [1.807, 2.05) is 65.2 Å². The van der Waals surface area contributed by atoms with E-state index < -0.39 is 0 Å². The van der Waals surface area contributed by atoms with Crippen LogP contribution >= 0.6 is 0 Å². The number of rotatable bonds is 5. The van der Waals surface area contributed by atoms with Gasteiger partial charge in [0, 0.05) is 49.4 Å². The van der Waals surface area contributed by atoms with Gasteiger partial charge in [0.2, 0.25) is 0 Å². The fourth-order valence-corrected chi connectivity index (χ4v) is 4.73. The van der Waals surface area contributed by atoms with E-state index in [0.717, 1.165) is 65.9 Å². The summed E-state index contributed by atoms with van der Waals surface area (Å²) in [6.07, 6.45) is 0. The van der Waals surface area contributed by atoms with Crippen molar-refractivity contribution in [2.75, 3.05) is 43.1 Å². The highest BCUT2D eigenvalue weighted by atomic mass is 19.1. The van der Waals surface area contributed by atoms with Crippen LogP contribution in [0.2, 0.25) is 0 Å². The van der Waals surface area contributed by atoms with Gasteiger partial charge in [0.05, 0.1) is 24.2 Å². The minimum Gasteiger partial charge on any atom is -0.497 e. The maximum atomic E-state index is 14.4. The lowest BCUT2D eigenvalue weighted by Gasteiger charge is -2.37. The summed E-state index contributed by atoms with van der Waals surface area (Å²) in [6.45, 7) is 2.94. The van der Waals surface area contributed by atoms with Gasteiger partial charge in [0.15, 0.2) is 5.65 Å². The normalized spacial score (nSPS) is 13.8. The number of ether oxygens (including phenoxy) is 1. The molecule has 1 aliphatic heterocycles. The zero-order chi connectivity index (χ0) is 24.5. The Morgan fingerprint density at radius 2 is 1.39 bits per heavy atom. The van der Waals surface area contributed by atoms with E-state index in [0.29, 0.717) is 5.69 Å². The van der Waals surface area contributed by atoms with E-state index in [9.17, 15) is 4.39 Å². The molecular weight excluding hydrogens is 453 g/mol. The molecule has 6 rings (SSSR count). The number of piperazine rings is 1. The van der Waals surface area contributed by atoms with E-state index in [-0.39, 0.29) is 5.82 Å². The molecule has 2 aromatic heterocycles. The van der Waals surface area contributed by atoms with E-state index in [2.05, 4.69) is 28.0 Å². The molecule has 1 fully saturated rings. The van der Waals surface area contributed by atoms with Crippen LogP contribution in [0.25, 0.3) is 28.2 Å². The molecule has 36 heavy (non-hydrogen) atoms. The molecule has 3 heterocycles. The Morgan fingerprint density at radius 1 is 0.722 bits per heavy atom. The molecule has 180 valence electrons. The van der Waals surface area contributed by atoms with Crippen LogP contribution in [0.15, 0.2) is 91.0 Å². The molecule has 7 heteroatoms. The minimum atomic E-state index is -0.181. The first-order valence-electron chi connectivity index (χ1n) is 12.0. The van der Waals surface area contributed by atoms with E-state index in [4.69, 9.17) is 14.8 Å². The van der Waals surface area contributed by atoms with E-state index in [1.54, 1.807) is 13.2 Å². The number of methoxy groups -OCH3 is 1. The largest absolute Gasteiger partial charge is 0.497 e. The SMILES string of the molecule is COc1ccc(-c2cc3nc(-c4ccccc4)cc(N4CCN(c5ccccc5F)CC4)n3n2)cc1. The lowest BCUT2D eigenvalue weighted by Crippen LogP contribution is -2.47. The molecule has 0 aliphatic carbocycles. The van der Waals surface area contributed by atoms with Gasteiger partial charge >= 0.3 is 0 Å². The van der Waals surface area contributed by atoms with Crippen LogP contribution < -0.4 is 14.5 Å². The van der Waals surface area contributed by atoms with Crippen LogP contribution in [-0.2, 0) is 0 Å². The van der Waals surface area contributed by atoms with Gasteiger partial charge < -0.3 is 14.5 Å². The summed E-state index contributed by atoms with van der Waals surface area (Å²) in [4.78, 5) is 9.36. The average molecular weight is 480 g/mol. The van der Waals surface area contributed by atoms with Crippen LogP contribution in [-0.4, -0.2) is 47.9 Å². The second kappa shape index (κ2) is 9.34. The minimum absolute atomic E-state index is 0.181. The van der Waals surface area contributed by atoms with Crippen molar-refractivity contribution < 1.29 is 9.13 Å². The Hall–Kier alpha value is -4.39. The second-order valence-electron chi connectivity index (χ2n) is 8.82. The number of benzene rings is 3. The van der Waals surface area contributed by atoms with Crippen LogP contribution in [0.3, 0.4) is 0 Å². The summed E-state index contributed by atoms with van der Waals surface area (Å²) in [5.74, 6) is 1.60. The first kappa shape index (κ1) is 22.1. The molecule has 0 spiro atoms. The molecule has 6 nitrogen and oxygen atoms in total. The van der Waals surface area contributed by atoms with Gasteiger partial charge in [-0.2, -0.15) is 9.61 Å². The molecule has 0 radical (unpaired) electrons. The topological polar surface area (TPSA) is 45.9 Å². The molecule has 0 N–H and O–H groups in total. The van der Waals surface area contributed by atoms with Gasteiger partial charge in [-0.15, -0.1) is 0 Å². The standard InChI is InChI=1S/C29H26FN5O/c1-36-23-13-11-22(12-14-23)26-19-28-31-25(21-7-3-2-4-8-21)20-29(35(28)32-26)34-17-15-33(16-18-34)27-10-6-5-9-24(27)30/h2-14,19-20H,15-18H2,1H3.